The van der Waals surface area contributed by atoms with Crippen molar-refractivity contribution in [3.63, 3.8) is 0 Å². The summed E-state index contributed by atoms with van der Waals surface area (Å²) < 4.78 is 31.3. The van der Waals surface area contributed by atoms with Crippen molar-refractivity contribution in [2.45, 2.75) is 0 Å². The summed E-state index contributed by atoms with van der Waals surface area (Å²) in [6.07, 6.45) is 2.55. The Bertz CT molecular complexity index is 1190. The lowest BCUT2D eigenvalue weighted by Gasteiger charge is -2.20. The van der Waals surface area contributed by atoms with Gasteiger partial charge < -0.3 is 20.7 Å². The number of sulfonamides is 1. The number of hydrogen-bond acceptors (Lipinski definition) is 8. The number of ether oxygens (including phenoxy) is 1. The lowest BCUT2D eigenvalue weighted by Crippen LogP contribution is -2.17. The van der Waals surface area contributed by atoms with E-state index < -0.39 is 10.0 Å². The third-order valence-electron chi connectivity index (χ3n) is 4.13. The standard InChI is InChI=1S/C19H19ClN6O3S/c1-30(27,28)26-15-5-3-2-4-14(15)24-18-13(20)11-22-19(25-18)23-12-6-7-17-16(10-12)21-8-9-29-17/h2-7,10-11,21,26H,8-9H2,1H3,(H2,22,23,24,25). The van der Waals surface area contributed by atoms with E-state index in [1.54, 1.807) is 24.3 Å². The Morgan fingerprint density at radius 1 is 1.13 bits per heavy atom. The number of fused-ring (bicyclic) bond motifs is 1. The van der Waals surface area contributed by atoms with Crippen LogP contribution in [0.2, 0.25) is 5.02 Å². The minimum absolute atomic E-state index is 0.287. The molecule has 156 valence electrons. The Morgan fingerprint density at radius 3 is 2.73 bits per heavy atom. The van der Waals surface area contributed by atoms with Gasteiger partial charge in [0.2, 0.25) is 16.0 Å². The molecule has 2 heterocycles. The van der Waals surface area contributed by atoms with Crippen molar-refractivity contribution in [3.8, 4) is 5.75 Å². The van der Waals surface area contributed by atoms with Crippen molar-refractivity contribution in [1.82, 2.24) is 9.97 Å². The second kappa shape index (κ2) is 8.25. The average Bonchev–Trinajstić information content (AvgIpc) is 2.71. The second-order valence-electron chi connectivity index (χ2n) is 6.55. The highest BCUT2D eigenvalue weighted by Gasteiger charge is 2.13. The van der Waals surface area contributed by atoms with Crippen LogP contribution >= 0.6 is 11.6 Å². The molecule has 2 aromatic carbocycles. The smallest absolute Gasteiger partial charge is 0.229 e. The summed E-state index contributed by atoms with van der Waals surface area (Å²) in [5.41, 5.74) is 2.55. The van der Waals surface area contributed by atoms with Crippen molar-refractivity contribution in [1.29, 1.82) is 0 Å². The molecule has 0 spiro atoms. The zero-order valence-corrected chi connectivity index (χ0v) is 17.5. The molecule has 0 unspecified atom stereocenters. The van der Waals surface area contributed by atoms with Gasteiger partial charge in [0.25, 0.3) is 0 Å². The van der Waals surface area contributed by atoms with Gasteiger partial charge in [-0.2, -0.15) is 4.98 Å². The van der Waals surface area contributed by atoms with Gasteiger partial charge in [-0.1, -0.05) is 23.7 Å². The Labute approximate surface area is 178 Å². The van der Waals surface area contributed by atoms with Crippen LogP contribution in [0, 0.1) is 0 Å². The van der Waals surface area contributed by atoms with Crippen LogP contribution in [-0.2, 0) is 10.0 Å². The molecule has 4 N–H and O–H groups in total. The molecule has 0 saturated heterocycles. The van der Waals surface area contributed by atoms with E-state index in [-0.39, 0.29) is 5.02 Å². The van der Waals surface area contributed by atoms with Crippen LogP contribution in [0.25, 0.3) is 0 Å². The largest absolute Gasteiger partial charge is 0.490 e. The highest BCUT2D eigenvalue weighted by atomic mass is 35.5. The molecule has 1 aromatic heterocycles. The van der Waals surface area contributed by atoms with E-state index in [0.29, 0.717) is 29.7 Å². The van der Waals surface area contributed by atoms with Gasteiger partial charge in [-0.15, -0.1) is 0 Å². The third kappa shape index (κ3) is 4.84. The fourth-order valence-electron chi connectivity index (χ4n) is 2.87. The highest BCUT2D eigenvalue weighted by molar-refractivity contribution is 7.92. The second-order valence-corrected chi connectivity index (χ2v) is 8.70. The molecule has 0 amide bonds. The van der Waals surface area contributed by atoms with Crippen LogP contribution in [0.3, 0.4) is 0 Å². The Kier molecular flexibility index (Phi) is 5.51. The highest BCUT2D eigenvalue weighted by Crippen LogP contribution is 2.32. The molecule has 0 saturated carbocycles. The van der Waals surface area contributed by atoms with Gasteiger partial charge in [-0.3, -0.25) is 4.72 Å². The number of anilines is 6. The normalized spacial score (nSPS) is 12.9. The van der Waals surface area contributed by atoms with E-state index in [1.807, 2.05) is 18.2 Å². The first kappa shape index (κ1) is 20.0. The van der Waals surface area contributed by atoms with Crippen LogP contribution < -0.4 is 25.4 Å². The molecular formula is C19H19ClN6O3S. The predicted molar refractivity (Wildman–Crippen MR) is 119 cm³/mol. The maximum Gasteiger partial charge on any atom is 0.229 e. The lowest BCUT2D eigenvalue weighted by molar-refractivity contribution is 0.323. The number of hydrogen-bond donors (Lipinski definition) is 4. The predicted octanol–water partition coefficient (Wildman–Crippen LogP) is 3.79. The zero-order chi connectivity index (χ0) is 21.1. The minimum Gasteiger partial charge on any atom is -0.490 e. The monoisotopic (exact) mass is 446 g/mol. The minimum atomic E-state index is -3.44. The van der Waals surface area contributed by atoms with Gasteiger partial charge in [0.05, 0.1) is 29.5 Å². The molecule has 11 heteroatoms. The molecule has 9 nitrogen and oxygen atoms in total. The summed E-state index contributed by atoms with van der Waals surface area (Å²) >= 11 is 6.25. The summed E-state index contributed by atoms with van der Waals surface area (Å²) in [6, 6.07) is 12.5. The van der Waals surface area contributed by atoms with Gasteiger partial charge in [-0.05, 0) is 30.3 Å². The van der Waals surface area contributed by atoms with Gasteiger partial charge in [0.1, 0.15) is 17.4 Å². The topological polar surface area (TPSA) is 117 Å². The number of rotatable bonds is 6. The van der Waals surface area contributed by atoms with Gasteiger partial charge in [-0.25, -0.2) is 13.4 Å². The first-order chi connectivity index (χ1) is 14.4. The van der Waals surface area contributed by atoms with Crippen molar-refractivity contribution in [2.75, 3.05) is 40.1 Å². The zero-order valence-electron chi connectivity index (χ0n) is 15.9. The molecule has 0 fully saturated rings. The van der Waals surface area contributed by atoms with Crippen LogP contribution in [-0.4, -0.2) is 37.8 Å². The van der Waals surface area contributed by atoms with Gasteiger partial charge in [0.15, 0.2) is 5.82 Å². The molecule has 1 aliphatic rings. The van der Waals surface area contributed by atoms with Crippen molar-refractivity contribution < 1.29 is 13.2 Å². The third-order valence-corrected chi connectivity index (χ3v) is 5.00. The number of nitrogens with zero attached hydrogens (tertiary/aromatic N) is 2. The Balaban J connectivity index is 1.57. The quantitative estimate of drug-likeness (QED) is 0.451. The number of aromatic nitrogens is 2. The number of para-hydroxylation sites is 2. The van der Waals surface area contributed by atoms with Gasteiger partial charge >= 0.3 is 0 Å². The summed E-state index contributed by atoms with van der Waals surface area (Å²) in [5, 5.41) is 9.75. The summed E-state index contributed by atoms with van der Waals surface area (Å²) in [5.74, 6) is 1.45. The van der Waals surface area contributed by atoms with E-state index in [1.165, 1.54) is 6.20 Å². The number of nitrogens with one attached hydrogen (secondary N) is 4. The first-order valence-electron chi connectivity index (χ1n) is 9.01. The van der Waals surface area contributed by atoms with Crippen LogP contribution in [0.15, 0.2) is 48.7 Å². The molecule has 0 atom stereocenters. The Morgan fingerprint density at radius 2 is 1.93 bits per heavy atom. The molecule has 4 rings (SSSR count). The number of halogens is 1. The molecule has 1 aliphatic heterocycles. The fraction of sp³-hybridized carbons (Fsp3) is 0.158. The van der Waals surface area contributed by atoms with E-state index in [2.05, 4.69) is 30.6 Å². The fourth-order valence-corrected chi connectivity index (χ4v) is 3.59. The van der Waals surface area contributed by atoms with Crippen molar-refractivity contribution in [3.05, 3.63) is 53.7 Å². The SMILES string of the molecule is CS(=O)(=O)Nc1ccccc1Nc1nc(Nc2ccc3c(c2)NCCO3)ncc1Cl. The number of benzene rings is 2. The maximum atomic E-state index is 11.6. The van der Waals surface area contributed by atoms with Crippen LogP contribution in [0.5, 0.6) is 5.75 Å². The summed E-state index contributed by atoms with van der Waals surface area (Å²) in [6.45, 7) is 1.37. The molecule has 0 aliphatic carbocycles. The van der Waals surface area contributed by atoms with E-state index >= 15 is 0 Å². The average molecular weight is 447 g/mol. The molecule has 30 heavy (non-hydrogen) atoms. The van der Waals surface area contributed by atoms with Gasteiger partial charge in [0, 0.05) is 12.2 Å². The van der Waals surface area contributed by atoms with E-state index in [9.17, 15) is 8.42 Å². The maximum absolute atomic E-state index is 11.6. The summed E-state index contributed by atoms with van der Waals surface area (Å²) in [4.78, 5) is 8.63. The van der Waals surface area contributed by atoms with Crippen molar-refractivity contribution in [2.24, 2.45) is 0 Å². The van der Waals surface area contributed by atoms with E-state index in [4.69, 9.17) is 16.3 Å². The molecular weight excluding hydrogens is 428 g/mol. The molecule has 3 aromatic rings. The molecule has 0 radical (unpaired) electrons. The van der Waals surface area contributed by atoms with Crippen LogP contribution in [0.1, 0.15) is 0 Å². The molecule has 0 bridgehead atoms. The lowest BCUT2D eigenvalue weighted by atomic mass is 10.2. The summed E-state index contributed by atoms with van der Waals surface area (Å²) in [7, 11) is -3.44. The first-order valence-corrected chi connectivity index (χ1v) is 11.3. The van der Waals surface area contributed by atoms with Crippen molar-refractivity contribution >= 4 is 56.1 Å². The van der Waals surface area contributed by atoms with E-state index in [0.717, 1.165) is 29.9 Å². The van der Waals surface area contributed by atoms with Crippen LogP contribution in [0.4, 0.5) is 34.5 Å². The Hall–Kier alpha value is -3.24.